The molecule has 2 aromatic carbocycles. The van der Waals surface area contributed by atoms with Crippen LogP contribution in [0.3, 0.4) is 0 Å². The topological polar surface area (TPSA) is 53.1 Å². The second kappa shape index (κ2) is 4.89. The summed E-state index contributed by atoms with van der Waals surface area (Å²) >= 11 is 0. The molecule has 0 atom stereocenters. The second-order valence-electron chi connectivity index (χ2n) is 4.90. The van der Waals surface area contributed by atoms with Gasteiger partial charge in [-0.25, -0.2) is 4.98 Å². The van der Waals surface area contributed by atoms with E-state index in [1.54, 1.807) is 7.11 Å². The van der Waals surface area contributed by atoms with E-state index < -0.39 is 0 Å². The molecular formula is C16H17N3O. The Morgan fingerprint density at radius 1 is 1.15 bits per heavy atom. The third-order valence-electron chi connectivity index (χ3n) is 3.43. The fourth-order valence-electron chi connectivity index (χ4n) is 2.33. The number of aryl methyl sites for hydroxylation is 1. The van der Waals surface area contributed by atoms with Gasteiger partial charge in [0.2, 0.25) is 5.95 Å². The molecule has 20 heavy (non-hydrogen) atoms. The van der Waals surface area contributed by atoms with Crippen molar-refractivity contribution in [2.45, 2.75) is 13.5 Å². The van der Waals surface area contributed by atoms with Crippen molar-refractivity contribution in [3.63, 3.8) is 0 Å². The van der Waals surface area contributed by atoms with Gasteiger partial charge >= 0.3 is 0 Å². The SMILES string of the molecule is COc1ccc(Cn2c(N)nc3ccc(C)cc32)cc1. The molecule has 3 rings (SSSR count). The lowest BCUT2D eigenvalue weighted by molar-refractivity contribution is 0.414. The van der Waals surface area contributed by atoms with Crippen molar-refractivity contribution >= 4 is 17.0 Å². The lowest BCUT2D eigenvalue weighted by Gasteiger charge is -2.08. The molecule has 2 N–H and O–H groups in total. The van der Waals surface area contributed by atoms with Crippen molar-refractivity contribution in [2.75, 3.05) is 12.8 Å². The van der Waals surface area contributed by atoms with E-state index in [0.29, 0.717) is 12.5 Å². The van der Waals surface area contributed by atoms with Gasteiger partial charge in [0, 0.05) is 0 Å². The van der Waals surface area contributed by atoms with Gasteiger partial charge in [-0.15, -0.1) is 0 Å². The number of aromatic nitrogens is 2. The van der Waals surface area contributed by atoms with Crippen LogP contribution in [0.1, 0.15) is 11.1 Å². The number of hydrogen-bond donors (Lipinski definition) is 1. The van der Waals surface area contributed by atoms with Crippen molar-refractivity contribution in [3.05, 3.63) is 53.6 Å². The lowest BCUT2D eigenvalue weighted by atomic mass is 10.2. The van der Waals surface area contributed by atoms with Gasteiger partial charge in [-0.1, -0.05) is 18.2 Å². The van der Waals surface area contributed by atoms with Crippen LogP contribution in [0.15, 0.2) is 42.5 Å². The van der Waals surface area contributed by atoms with Crippen molar-refractivity contribution in [1.82, 2.24) is 9.55 Å². The number of nitrogen functional groups attached to an aromatic ring is 1. The Balaban J connectivity index is 2.00. The van der Waals surface area contributed by atoms with E-state index >= 15 is 0 Å². The van der Waals surface area contributed by atoms with Crippen molar-refractivity contribution in [1.29, 1.82) is 0 Å². The van der Waals surface area contributed by atoms with E-state index in [0.717, 1.165) is 16.8 Å². The first-order chi connectivity index (χ1) is 9.67. The van der Waals surface area contributed by atoms with Crippen LogP contribution >= 0.6 is 0 Å². The number of ether oxygens (including phenoxy) is 1. The molecule has 0 aliphatic rings. The smallest absolute Gasteiger partial charge is 0.201 e. The Kier molecular flexibility index (Phi) is 3.06. The molecule has 0 unspecified atom stereocenters. The average molecular weight is 267 g/mol. The Labute approximate surface area is 117 Å². The summed E-state index contributed by atoms with van der Waals surface area (Å²) in [5, 5.41) is 0. The van der Waals surface area contributed by atoms with Crippen LogP contribution < -0.4 is 10.5 Å². The molecule has 1 heterocycles. The second-order valence-corrected chi connectivity index (χ2v) is 4.90. The number of anilines is 1. The first-order valence-electron chi connectivity index (χ1n) is 6.52. The molecular weight excluding hydrogens is 250 g/mol. The minimum atomic E-state index is 0.543. The van der Waals surface area contributed by atoms with E-state index in [1.165, 1.54) is 11.1 Å². The molecule has 0 aliphatic carbocycles. The fourth-order valence-corrected chi connectivity index (χ4v) is 2.33. The molecule has 102 valence electrons. The van der Waals surface area contributed by atoms with Gasteiger partial charge in [-0.05, 0) is 42.3 Å². The number of benzene rings is 2. The molecule has 0 saturated heterocycles. The fraction of sp³-hybridized carbons (Fsp3) is 0.188. The maximum absolute atomic E-state index is 6.03. The summed E-state index contributed by atoms with van der Waals surface area (Å²) in [5.41, 5.74) is 10.4. The van der Waals surface area contributed by atoms with Crippen LogP contribution in [-0.2, 0) is 6.54 Å². The van der Waals surface area contributed by atoms with Gasteiger partial charge in [0.15, 0.2) is 0 Å². The van der Waals surface area contributed by atoms with E-state index in [1.807, 2.05) is 41.0 Å². The Hall–Kier alpha value is -2.49. The highest BCUT2D eigenvalue weighted by Crippen LogP contribution is 2.21. The van der Waals surface area contributed by atoms with Gasteiger partial charge in [0.05, 0.1) is 24.7 Å². The van der Waals surface area contributed by atoms with Crippen LogP contribution in [0.4, 0.5) is 5.95 Å². The molecule has 4 nitrogen and oxygen atoms in total. The van der Waals surface area contributed by atoms with Crippen LogP contribution in [0.25, 0.3) is 11.0 Å². The number of imidazole rings is 1. The maximum Gasteiger partial charge on any atom is 0.201 e. The summed E-state index contributed by atoms with van der Waals surface area (Å²) in [6.45, 7) is 2.77. The zero-order valence-electron chi connectivity index (χ0n) is 11.6. The van der Waals surface area contributed by atoms with Crippen LogP contribution in [-0.4, -0.2) is 16.7 Å². The maximum atomic E-state index is 6.03. The number of nitrogens with two attached hydrogens (primary N) is 1. The zero-order chi connectivity index (χ0) is 14.1. The number of nitrogens with zero attached hydrogens (tertiary/aromatic N) is 2. The predicted octanol–water partition coefficient (Wildman–Crippen LogP) is 2.98. The summed E-state index contributed by atoms with van der Waals surface area (Å²) in [5.74, 6) is 1.40. The molecule has 0 aliphatic heterocycles. The summed E-state index contributed by atoms with van der Waals surface area (Å²) in [7, 11) is 1.67. The number of hydrogen-bond acceptors (Lipinski definition) is 3. The monoisotopic (exact) mass is 267 g/mol. The third-order valence-corrected chi connectivity index (χ3v) is 3.43. The number of methoxy groups -OCH3 is 1. The van der Waals surface area contributed by atoms with E-state index in [2.05, 4.69) is 18.0 Å². The van der Waals surface area contributed by atoms with Crippen molar-refractivity contribution in [2.24, 2.45) is 0 Å². The average Bonchev–Trinajstić information content (AvgIpc) is 2.76. The molecule has 0 fully saturated rings. The normalized spacial score (nSPS) is 10.9. The molecule has 3 aromatic rings. The summed E-state index contributed by atoms with van der Waals surface area (Å²) in [6.07, 6.45) is 0. The first-order valence-corrected chi connectivity index (χ1v) is 6.52. The zero-order valence-corrected chi connectivity index (χ0v) is 11.6. The van der Waals surface area contributed by atoms with Crippen molar-refractivity contribution < 1.29 is 4.74 Å². The van der Waals surface area contributed by atoms with E-state index in [9.17, 15) is 0 Å². The highest BCUT2D eigenvalue weighted by atomic mass is 16.5. The first kappa shape index (κ1) is 12.5. The lowest BCUT2D eigenvalue weighted by Crippen LogP contribution is -2.04. The molecule has 1 aromatic heterocycles. The van der Waals surface area contributed by atoms with Gasteiger partial charge in [0.25, 0.3) is 0 Å². The molecule has 0 amide bonds. The van der Waals surface area contributed by atoms with Gasteiger partial charge < -0.3 is 15.0 Å². The molecule has 4 heteroatoms. The van der Waals surface area contributed by atoms with Crippen LogP contribution in [0.5, 0.6) is 5.75 Å². The molecule has 0 radical (unpaired) electrons. The quantitative estimate of drug-likeness (QED) is 0.793. The summed E-state index contributed by atoms with van der Waals surface area (Å²) < 4.78 is 7.20. The standard InChI is InChI=1S/C16H17N3O/c1-11-3-8-14-15(9-11)19(16(17)18-14)10-12-4-6-13(20-2)7-5-12/h3-9H,10H2,1-2H3,(H2,17,18). The minimum Gasteiger partial charge on any atom is -0.497 e. The minimum absolute atomic E-state index is 0.543. The Morgan fingerprint density at radius 3 is 2.60 bits per heavy atom. The summed E-state index contributed by atoms with van der Waals surface area (Å²) in [4.78, 5) is 4.40. The van der Waals surface area contributed by atoms with Gasteiger partial charge in [-0.3, -0.25) is 0 Å². The third kappa shape index (κ3) is 2.20. The highest BCUT2D eigenvalue weighted by molar-refractivity contribution is 5.79. The van der Waals surface area contributed by atoms with Gasteiger partial charge in [-0.2, -0.15) is 0 Å². The summed E-state index contributed by atoms with van der Waals surface area (Å²) in [6, 6.07) is 14.2. The molecule has 0 spiro atoms. The van der Waals surface area contributed by atoms with E-state index in [4.69, 9.17) is 10.5 Å². The van der Waals surface area contributed by atoms with Crippen LogP contribution in [0.2, 0.25) is 0 Å². The number of rotatable bonds is 3. The van der Waals surface area contributed by atoms with Crippen LogP contribution in [0, 0.1) is 6.92 Å². The largest absolute Gasteiger partial charge is 0.497 e. The van der Waals surface area contributed by atoms with E-state index in [-0.39, 0.29) is 0 Å². The Bertz CT molecular complexity index is 744. The Morgan fingerprint density at radius 2 is 1.90 bits per heavy atom. The molecule has 0 bridgehead atoms. The van der Waals surface area contributed by atoms with Crippen molar-refractivity contribution in [3.8, 4) is 5.75 Å². The van der Waals surface area contributed by atoms with Gasteiger partial charge in [0.1, 0.15) is 5.75 Å². The number of fused-ring (bicyclic) bond motifs is 1. The predicted molar refractivity (Wildman–Crippen MR) is 81.0 cm³/mol. The highest BCUT2D eigenvalue weighted by Gasteiger charge is 2.08. The molecule has 0 saturated carbocycles.